The minimum absolute atomic E-state index is 0.393. The summed E-state index contributed by atoms with van der Waals surface area (Å²) in [6.07, 6.45) is -0.514. The van der Waals surface area contributed by atoms with Gasteiger partial charge in [0, 0.05) is 0 Å². The van der Waals surface area contributed by atoms with E-state index in [4.69, 9.17) is 5.21 Å². The Morgan fingerprint density at radius 1 is 1.27 bits per heavy atom. The summed E-state index contributed by atoms with van der Waals surface area (Å²) in [5.74, 6) is 0. The van der Waals surface area contributed by atoms with E-state index in [1.165, 1.54) is 24.3 Å². The van der Waals surface area contributed by atoms with Gasteiger partial charge in [-0.15, -0.1) is 0 Å². The lowest BCUT2D eigenvalue weighted by molar-refractivity contribution is -0.137. The van der Waals surface area contributed by atoms with Gasteiger partial charge in [-0.2, -0.15) is 13.2 Å². The first-order chi connectivity index (χ1) is 7.04. The van der Waals surface area contributed by atoms with E-state index in [2.05, 4.69) is 5.16 Å². The smallest absolute Gasteiger partial charge is 0.411 e. The summed E-state index contributed by atoms with van der Waals surface area (Å²) in [6.45, 7) is 0. The van der Waals surface area contributed by atoms with Crippen LogP contribution in [0.3, 0.4) is 0 Å². The van der Waals surface area contributed by atoms with E-state index < -0.39 is 11.7 Å². The number of alkyl halides is 3. The predicted octanol–water partition coefficient (Wildman–Crippen LogP) is 3.18. The van der Waals surface area contributed by atoms with Crippen molar-refractivity contribution in [1.29, 1.82) is 0 Å². The molecule has 0 aliphatic rings. The van der Waals surface area contributed by atoms with Crippen molar-refractivity contribution in [3.63, 3.8) is 0 Å². The molecule has 0 bridgehead atoms. The number of rotatable bonds is 2. The molecule has 0 aromatic heterocycles. The fourth-order valence-corrected chi connectivity index (χ4v) is 1.01. The quantitative estimate of drug-likeness (QED) is 0.458. The van der Waals surface area contributed by atoms with Gasteiger partial charge in [0.1, 0.15) is 0 Å². The third-order valence-corrected chi connectivity index (χ3v) is 1.66. The Bertz CT molecular complexity index is 382. The van der Waals surface area contributed by atoms with Crippen molar-refractivity contribution in [2.45, 2.75) is 6.18 Å². The summed E-state index contributed by atoms with van der Waals surface area (Å²) in [7, 11) is 0. The van der Waals surface area contributed by atoms with E-state index in [0.717, 1.165) is 18.3 Å². The maximum Gasteiger partial charge on any atom is 0.416 e. The predicted molar refractivity (Wildman–Crippen MR) is 50.8 cm³/mol. The van der Waals surface area contributed by atoms with Gasteiger partial charge in [-0.1, -0.05) is 23.4 Å². The fourth-order valence-electron chi connectivity index (χ4n) is 1.01. The molecule has 0 saturated heterocycles. The zero-order valence-corrected chi connectivity index (χ0v) is 7.57. The Balaban J connectivity index is 2.93. The van der Waals surface area contributed by atoms with E-state index in [-0.39, 0.29) is 0 Å². The lowest BCUT2D eigenvalue weighted by Crippen LogP contribution is -2.04. The molecule has 1 N–H and O–H groups in total. The number of allylic oxidation sites excluding steroid dienone is 1. The Hall–Kier alpha value is -1.78. The minimum atomic E-state index is -4.34. The largest absolute Gasteiger partial charge is 0.416 e. The first-order valence-corrected chi connectivity index (χ1v) is 4.05. The molecule has 0 atom stereocenters. The van der Waals surface area contributed by atoms with E-state index in [9.17, 15) is 13.2 Å². The Kier molecular flexibility index (Phi) is 3.49. The molecule has 0 heterocycles. The van der Waals surface area contributed by atoms with E-state index >= 15 is 0 Å². The van der Waals surface area contributed by atoms with Crippen molar-refractivity contribution in [2.75, 3.05) is 0 Å². The Labute approximate surface area is 84.3 Å². The lowest BCUT2D eigenvalue weighted by Gasteiger charge is -2.06. The van der Waals surface area contributed by atoms with Gasteiger partial charge in [-0.3, -0.25) is 0 Å². The first-order valence-electron chi connectivity index (χ1n) is 4.05. The lowest BCUT2D eigenvalue weighted by atomic mass is 10.1. The van der Waals surface area contributed by atoms with Crippen LogP contribution in [-0.4, -0.2) is 11.4 Å². The van der Waals surface area contributed by atoms with Crippen molar-refractivity contribution >= 4 is 12.3 Å². The van der Waals surface area contributed by atoms with Gasteiger partial charge in [0.05, 0.1) is 11.8 Å². The number of oxime groups is 1. The van der Waals surface area contributed by atoms with Crippen molar-refractivity contribution in [1.82, 2.24) is 0 Å². The summed E-state index contributed by atoms with van der Waals surface area (Å²) >= 11 is 0. The number of hydrogen-bond donors (Lipinski definition) is 1. The standard InChI is InChI=1S/C10H8F3NO/c11-10(12,13)9-5-1-3-8(7-9)4-2-6-14-15/h1-7,15H. The number of halogens is 3. The average molecular weight is 215 g/mol. The third kappa shape index (κ3) is 3.46. The minimum Gasteiger partial charge on any atom is -0.411 e. The molecule has 0 aliphatic carbocycles. The highest BCUT2D eigenvalue weighted by Gasteiger charge is 2.30. The van der Waals surface area contributed by atoms with Crippen LogP contribution in [0.5, 0.6) is 0 Å². The van der Waals surface area contributed by atoms with E-state index in [1.54, 1.807) is 0 Å². The van der Waals surface area contributed by atoms with Crippen LogP contribution >= 0.6 is 0 Å². The van der Waals surface area contributed by atoms with Crippen LogP contribution in [-0.2, 0) is 6.18 Å². The molecular formula is C10H8F3NO. The second-order valence-electron chi connectivity index (χ2n) is 2.75. The van der Waals surface area contributed by atoms with Gasteiger partial charge in [0.15, 0.2) is 0 Å². The third-order valence-electron chi connectivity index (χ3n) is 1.66. The van der Waals surface area contributed by atoms with Crippen LogP contribution in [0.15, 0.2) is 35.5 Å². The maximum absolute atomic E-state index is 12.3. The molecule has 0 saturated carbocycles. The second-order valence-corrected chi connectivity index (χ2v) is 2.75. The van der Waals surface area contributed by atoms with Crippen LogP contribution < -0.4 is 0 Å². The summed E-state index contributed by atoms with van der Waals surface area (Å²) in [4.78, 5) is 0. The van der Waals surface area contributed by atoms with Crippen molar-refractivity contribution in [3.8, 4) is 0 Å². The first kappa shape index (κ1) is 11.3. The molecule has 1 rings (SSSR count). The van der Waals surface area contributed by atoms with Gasteiger partial charge in [-0.25, -0.2) is 0 Å². The zero-order valence-electron chi connectivity index (χ0n) is 7.57. The van der Waals surface area contributed by atoms with Crippen molar-refractivity contribution in [3.05, 3.63) is 41.5 Å². The van der Waals surface area contributed by atoms with Crippen LogP contribution in [0.25, 0.3) is 6.08 Å². The van der Waals surface area contributed by atoms with Gasteiger partial charge in [-0.05, 0) is 23.8 Å². The topological polar surface area (TPSA) is 32.6 Å². The van der Waals surface area contributed by atoms with Crippen molar-refractivity contribution in [2.24, 2.45) is 5.16 Å². The number of nitrogens with zero attached hydrogens (tertiary/aromatic N) is 1. The second kappa shape index (κ2) is 4.63. The molecule has 0 aliphatic heterocycles. The van der Waals surface area contributed by atoms with E-state index in [0.29, 0.717) is 5.56 Å². The van der Waals surface area contributed by atoms with Crippen LogP contribution in [0.1, 0.15) is 11.1 Å². The maximum atomic E-state index is 12.3. The van der Waals surface area contributed by atoms with Gasteiger partial charge < -0.3 is 5.21 Å². The average Bonchev–Trinajstić information content (AvgIpc) is 2.17. The molecule has 2 nitrogen and oxygen atoms in total. The molecule has 15 heavy (non-hydrogen) atoms. The number of benzene rings is 1. The van der Waals surface area contributed by atoms with Gasteiger partial charge in [0.25, 0.3) is 0 Å². The normalized spacial score (nSPS) is 12.7. The van der Waals surface area contributed by atoms with Gasteiger partial charge >= 0.3 is 6.18 Å². The highest BCUT2D eigenvalue weighted by atomic mass is 19.4. The molecule has 0 radical (unpaired) electrons. The van der Waals surface area contributed by atoms with E-state index in [1.807, 2.05) is 0 Å². The summed E-state index contributed by atoms with van der Waals surface area (Å²) in [6, 6.07) is 4.86. The Morgan fingerprint density at radius 3 is 2.60 bits per heavy atom. The van der Waals surface area contributed by atoms with Gasteiger partial charge in [0.2, 0.25) is 0 Å². The monoisotopic (exact) mass is 215 g/mol. The van der Waals surface area contributed by atoms with Crippen LogP contribution in [0.2, 0.25) is 0 Å². The zero-order chi connectivity index (χ0) is 11.3. The summed E-state index contributed by atoms with van der Waals surface area (Å²) in [5, 5.41) is 10.8. The van der Waals surface area contributed by atoms with Crippen LogP contribution in [0, 0.1) is 0 Å². The molecule has 0 spiro atoms. The molecule has 80 valence electrons. The summed E-state index contributed by atoms with van der Waals surface area (Å²) in [5.41, 5.74) is -0.310. The number of hydrogen-bond acceptors (Lipinski definition) is 2. The molecule has 1 aromatic rings. The molecule has 0 fully saturated rings. The summed E-state index contributed by atoms with van der Waals surface area (Å²) < 4.78 is 36.8. The molecular weight excluding hydrogens is 207 g/mol. The molecule has 0 amide bonds. The highest BCUT2D eigenvalue weighted by molar-refractivity contribution is 5.77. The van der Waals surface area contributed by atoms with Crippen LogP contribution in [0.4, 0.5) is 13.2 Å². The SMILES string of the molecule is ON=CC=Cc1cccc(C(F)(F)F)c1. The van der Waals surface area contributed by atoms with Crippen molar-refractivity contribution < 1.29 is 18.4 Å². The molecule has 0 unspecified atom stereocenters. The highest BCUT2D eigenvalue weighted by Crippen LogP contribution is 2.29. The molecule has 1 aromatic carbocycles. The Morgan fingerprint density at radius 2 is 2.00 bits per heavy atom. The fraction of sp³-hybridized carbons (Fsp3) is 0.100. The molecule has 5 heteroatoms.